The number of aliphatic hydroxyl groups is 1. The number of benzene rings is 2. The van der Waals surface area contributed by atoms with Crippen LogP contribution in [-0.4, -0.2) is 62.6 Å². The molecule has 202 valence electrons. The molecule has 0 unspecified atom stereocenters. The van der Waals surface area contributed by atoms with Crippen LogP contribution in [0.1, 0.15) is 30.9 Å². The zero-order chi connectivity index (χ0) is 27.1. The number of allylic oxidation sites excluding steroid dienone is 1. The molecule has 6 rings (SSSR count). The van der Waals surface area contributed by atoms with E-state index >= 15 is 0 Å². The maximum absolute atomic E-state index is 13.3. The Labute approximate surface area is 228 Å². The Bertz CT molecular complexity index is 1580. The molecule has 0 radical (unpaired) electrons. The van der Waals surface area contributed by atoms with Crippen molar-refractivity contribution in [1.82, 2.24) is 24.2 Å². The first-order valence-electron chi connectivity index (χ1n) is 13.7. The van der Waals surface area contributed by atoms with Crippen molar-refractivity contribution in [3.63, 3.8) is 0 Å². The Morgan fingerprint density at radius 2 is 1.85 bits per heavy atom. The van der Waals surface area contributed by atoms with Crippen LogP contribution in [0.4, 0.5) is 17.3 Å². The second-order valence-corrected chi connectivity index (χ2v) is 10.6. The lowest BCUT2D eigenvalue weighted by Gasteiger charge is -2.34. The highest BCUT2D eigenvalue weighted by molar-refractivity contribution is 5.77. The van der Waals surface area contributed by atoms with Gasteiger partial charge >= 0.3 is 0 Å². The maximum atomic E-state index is 13.3. The molecule has 2 aromatic carbocycles. The second kappa shape index (κ2) is 9.98. The van der Waals surface area contributed by atoms with Gasteiger partial charge in [0, 0.05) is 43.8 Å². The van der Waals surface area contributed by atoms with E-state index in [1.807, 2.05) is 35.9 Å². The summed E-state index contributed by atoms with van der Waals surface area (Å²) < 4.78 is 3.43. The summed E-state index contributed by atoms with van der Waals surface area (Å²) in [5.74, 6) is 0.408. The van der Waals surface area contributed by atoms with Crippen molar-refractivity contribution in [2.75, 3.05) is 43.4 Å². The molecule has 4 aromatic rings. The minimum atomic E-state index is -0.851. The summed E-state index contributed by atoms with van der Waals surface area (Å²) in [4.78, 5) is 27.3. The summed E-state index contributed by atoms with van der Waals surface area (Å²) >= 11 is 0. The molecule has 0 saturated carbocycles. The number of hydrogen-bond acceptors (Lipinski definition) is 7. The number of hydrogen-bond donors (Lipinski definition) is 2. The first-order chi connectivity index (χ1) is 18.9. The SMILES string of the molecule is C=CCn1c(=O)c2cnc(Nc3ccc(N4CCN(C)CC4)cc3)nc2n1-c1ccc2c(c1)[C@](O)(CC)CC2. The van der Waals surface area contributed by atoms with Crippen LogP contribution >= 0.6 is 0 Å². The van der Waals surface area contributed by atoms with E-state index in [0.717, 1.165) is 55.1 Å². The van der Waals surface area contributed by atoms with Gasteiger partial charge in [-0.3, -0.25) is 4.79 Å². The van der Waals surface area contributed by atoms with Crippen LogP contribution < -0.4 is 15.8 Å². The van der Waals surface area contributed by atoms with Gasteiger partial charge in [0.25, 0.3) is 5.56 Å². The molecule has 3 heterocycles. The molecule has 1 atom stereocenters. The highest BCUT2D eigenvalue weighted by Gasteiger charge is 2.35. The predicted molar refractivity (Wildman–Crippen MR) is 155 cm³/mol. The summed E-state index contributed by atoms with van der Waals surface area (Å²) in [7, 11) is 2.15. The van der Waals surface area contributed by atoms with Gasteiger partial charge < -0.3 is 20.2 Å². The molecule has 1 aliphatic carbocycles. The van der Waals surface area contributed by atoms with Crippen molar-refractivity contribution in [1.29, 1.82) is 0 Å². The number of rotatable bonds is 7. The van der Waals surface area contributed by atoms with Gasteiger partial charge in [0.1, 0.15) is 5.39 Å². The van der Waals surface area contributed by atoms with Gasteiger partial charge in [-0.15, -0.1) is 6.58 Å². The van der Waals surface area contributed by atoms with Crippen molar-refractivity contribution in [2.45, 2.75) is 38.3 Å². The molecule has 9 nitrogen and oxygen atoms in total. The molecule has 9 heteroatoms. The van der Waals surface area contributed by atoms with Crippen molar-refractivity contribution in [3.8, 4) is 5.69 Å². The third-order valence-corrected chi connectivity index (χ3v) is 8.20. The van der Waals surface area contributed by atoms with Crippen molar-refractivity contribution in [2.24, 2.45) is 0 Å². The lowest BCUT2D eigenvalue weighted by Crippen LogP contribution is -2.44. The van der Waals surface area contributed by atoms with Crippen molar-refractivity contribution < 1.29 is 5.11 Å². The van der Waals surface area contributed by atoms with Crippen LogP contribution in [0.3, 0.4) is 0 Å². The Morgan fingerprint density at radius 3 is 2.56 bits per heavy atom. The van der Waals surface area contributed by atoms with Gasteiger partial charge in [-0.1, -0.05) is 19.1 Å². The smallest absolute Gasteiger partial charge is 0.278 e. The topological polar surface area (TPSA) is 91.5 Å². The first kappa shape index (κ1) is 25.3. The molecule has 1 aliphatic heterocycles. The van der Waals surface area contributed by atoms with E-state index in [2.05, 4.69) is 51.9 Å². The number of nitrogens with one attached hydrogen (secondary N) is 1. The van der Waals surface area contributed by atoms with E-state index in [0.29, 0.717) is 36.4 Å². The van der Waals surface area contributed by atoms with Gasteiger partial charge in [-0.05, 0) is 73.8 Å². The van der Waals surface area contributed by atoms with E-state index in [1.165, 1.54) is 5.69 Å². The fourth-order valence-corrected chi connectivity index (χ4v) is 5.78. The summed E-state index contributed by atoms with van der Waals surface area (Å²) in [6.45, 7) is 10.3. The molecule has 2 aliphatic rings. The van der Waals surface area contributed by atoms with Crippen LogP contribution in [0.25, 0.3) is 16.7 Å². The van der Waals surface area contributed by atoms with E-state index in [-0.39, 0.29) is 5.56 Å². The molecule has 1 fully saturated rings. The molecule has 0 bridgehead atoms. The lowest BCUT2D eigenvalue weighted by molar-refractivity contribution is 0.0345. The number of aryl methyl sites for hydroxylation is 1. The molecular formula is C30H35N7O2. The zero-order valence-electron chi connectivity index (χ0n) is 22.6. The third kappa shape index (κ3) is 4.51. The fraction of sp³-hybridized carbons (Fsp3) is 0.367. The lowest BCUT2D eigenvalue weighted by atomic mass is 9.93. The molecule has 39 heavy (non-hydrogen) atoms. The van der Waals surface area contributed by atoms with Crippen LogP contribution in [0.15, 0.2) is 66.1 Å². The van der Waals surface area contributed by atoms with Gasteiger partial charge in [0.15, 0.2) is 5.65 Å². The maximum Gasteiger partial charge on any atom is 0.278 e. The highest BCUT2D eigenvalue weighted by atomic mass is 16.3. The van der Waals surface area contributed by atoms with Gasteiger partial charge in [0.05, 0.1) is 17.8 Å². The van der Waals surface area contributed by atoms with E-state index in [9.17, 15) is 9.90 Å². The monoisotopic (exact) mass is 525 g/mol. The zero-order valence-corrected chi connectivity index (χ0v) is 22.6. The predicted octanol–water partition coefficient (Wildman–Crippen LogP) is 3.81. The molecule has 0 spiro atoms. The van der Waals surface area contributed by atoms with Crippen molar-refractivity contribution >= 4 is 28.4 Å². The van der Waals surface area contributed by atoms with E-state index in [4.69, 9.17) is 4.98 Å². The molecule has 2 N–H and O–H groups in total. The number of nitrogens with zero attached hydrogens (tertiary/aromatic N) is 6. The van der Waals surface area contributed by atoms with Crippen LogP contribution in [0.5, 0.6) is 0 Å². The van der Waals surface area contributed by atoms with Crippen molar-refractivity contribution in [3.05, 3.63) is 82.8 Å². The van der Waals surface area contributed by atoms with E-state index < -0.39 is 5.60 Å². The Balaban J connectivity index is 1.36. The van der Waals surface area contributed by atoms with Gasteiger partial charge in [0.2, 0.25) is 5.95 Å². The van der Waals surface area contributed by atoms with E-state index in [1.54, 1.807) is 17.0 Å². The van der Waals surface area contributed by atoms with Crippen LogP contribution in [0.2, 0.25) is 0 Å². The van der Waals surface area contributed by atoms with Crippen LogP contribution in [0, 0.1) is 0 Å². The number of piperazine rings is 1. The number of fused-ring (bicyclic) bond motifs is 2. The average molecular weight is 526 g/mol. The average Bonchev–Trinajstić information content (AvgIpc) is 3.43. The largest absolute Gasteiger partial charge is 0.385 e. The summed E-state index contributed by atoms with van der Waals surface area (Å²) in [6.07, 6.45) is 5.46. The number of aromatic nitrogens is 4. The quantitative estimate of drug-likeness (QED) is 0.355. The number of anilines is 3. The highest BCUT2D eigenvalue weighted by Crippen LogP contribution is 2.40. The summed E-state index contributed by atoms with van der Waals surface area (Å²) in [5.41, 5.74) is 4.39. The first-order valence-corrected chi connectivity index (χ1v) is 13.7. The summed E-state index contributed by atoms with van der Waals surface area (Å²) in [6, 6.07) is 14.3. The third-order valence-electron chi connectivity index (χ3n) is 8.20. The Morgan fingerprint density at radius 1 is 1.10 bits per heavy atom. The molecule has 0 amide bonds. The number of likely N-dealkylation sites (N-methyl/N-ethyl adjacent to an activating group) is 1. The molecular weight excluding hydrogens is 490 g/mol. The molecule has 1 saturated heterocycles. The fourth-order valence-electron chi connectivity index (χ4n) is 5.78. The van der Waals surface area contributed by atoms with Gasteiger partial charge in [-0.2, -0.15) is 4.98 Å². The second-order valence-electron chi connectivity index (χ2n) is 10.6. The Kier molecular flexibility index (Phi) is 6.48. The normalized spacial score (nSPS) is 19.4. The standard InChI is InChI=1S/C30H35N7O2/c1-4-14-36-28(38)25-20-31-29(32-22-7-10-23(11-8-22)35-17-15-34(3)16-18-35)33-27(25)37(36)24-9-6-21-12-13-30(39,5-2)26(21)19-24/h4,6-11,19-20,39H,1,5,12-18H2,2-3H3,(H,31,32,33)/t30-/m0/s1. The molecule has 2 aromatic heterocycles. The van der Waals surface area contributed by atoms with Crippen LogP contribution in [-0.2, 0) is 18.6 Å². The Hall–Kier alpha value is -3.95. The minimum absolute atomic E-state index is 0.181. The van der Waals surface area contributed by atoms with Gasteiger partial charge in [-0.25, -0.2) is 14.3 Å². The minimum Gasteiger partial charge on any atom is -0.385 e. The summed E-state index contributed by atoms with van der Waals surface area (Å²) in [5, 5.41) is 14.9.